The number of hydrogen-bond donors (Lipinski definition) is 1. The van der Waals surface area contributed by atoms with Crippen molar-refractivity contribution in [2.45, 2.75) is 0 Å². The first-order valence-electron chi connectivity index (χ1n) is 5.25. The van der Waals surface area contributed by atoms with Gasteiger partial charge in [0.05, 0.1) is 7.11 Å². The third-order valence-electron chi connectivity index (χ3n) is 2.20. The highest BCUT2D eigenvalue weighted by atomic mass is 16.5. The summed E-state index contributed by atoms with van der Waals surface area (Å²) in [5, 5.41) is 7.15. The number of carbonyl (C=O) groups excluding carboxylic acids is 1. The van der Waals surface area contributed by atoms with Gasteiger partial charge in [-0.3, -0.25) is 10.2 Å². The summed E-state index contributed by atoms with van der Waals surface area (Å²) >= 11 is 0. The third kappa shape index (κ3) is 3.18. The lowest BCUT2D eigenvalue weighted by molar-refractivity contribution is -0.112. The largest absolute Gasteiger partial charge is 0.497 e. The molecule has 1 N–H and O–H groups in total. The van der Waals surface area contributed by atoms with Crippen molar-refractivity contribution in [3.63, 3.8) is 0 Å². The Hall–Kier alpha value is -2.63. The van der Waals surface area contributed by atoms with E-state index in [-0.39, 0.29) is 5.91 Å². The van der Waals surface area contributed by atoms with Crippen molar-refractivity contribution < 1.29 is 9.53 Å². The van der Waals surface area contributed by atoms with Gasteiger partial charge < -0.3 is 4.74 Å². The average Bonchev–Trinajstić information content (AvgIpc) is 2.90. The van der Waals surface area contributed by atoms with Crippen LogP contribution in [0.3, 0.4) is 0 Å². The van der Waals surface area contributed by atoms with Crippen LogP contribution < -0.4 is 10.2 Å². The van der Waals surface area contributed by atoms with Crippen LogP contribution in [0.4, 0.5) is 0 Å². The average molecular weight is 244 g/mol. The molecule has 6 heteroatoms. The fourth-order valence-electron chi connectivity index (χ4n) is 1.31. The van der Waals surface area contributed by atoms with Gasteiger partial charge in [0.15, 0.2) is 0 Å². The molecular formula is C12H12N4O2. The fraction of sp³-hybridized carbons (Fsp3) is 0.0833. The van der Waals surface area contributed by atoms with Crippen molar-refractivity contribution in [3.8, 4) is 5.75 Å². The molecule has 0 bridgehead atoms. The molecular weight excluding hydrogens is 232 g/mol. The Morgan fingerprint density at radius 1 is 1.28 bits per heavy atom. The standard InChI is InChI=1S/C12H12N4O2/c1-18-11-5-2-10(3-6-11)4-7-12(17)15-16-8-13-14-9-16/h2-9H,1H3,(H,15,17)/b7-4+. The lowest BCUT2D eigenvalue weighted by atomic mass is 10.2. The fourth-order valence-corrected chi connectivity index (χ4v) is 1.31. The zero-order chi connectivity index (χ0) is 12.8. The number of aromatic nitrogens is 3. The molecule has 1 aromatic heterocycles. The first-order valence-corrected chi connectivity index (χ1v) is 5.25. The van der Waals surface area contributed by atoms with Gasteiger partial charge in [-0.15, -0.1) is 10.2 Å². The predicted molar refractivity (Wildman–Crippen MR) is 66.4 cm³/mol. The van der Waals surface area contributed by atoms with Crippen LogP contribution in [-0.2, 0) is 4.79 Å². The van der Waals surface area contributed by atoms with E-state index in [4.69, 9.17) is 4.74 Å². The van der Waals surface area contributed by atoms with E-state index in [0.29, 0.717) is 0 Å². The Balaban J connectivity index is 1.95. The first-order chi connectivity index (χ1) is 8.78. The Morgan fingerprint density at radius 2 is 1.94 bits per heavy atom. The monoisotopic (exact) mass is 244 g/mol. The van der Waals surface area contributed by atoms with Gasteiger partial charge in [-0.05, 0) is 23.8 Å². The van der Waals surface area contributed by atoms with Crippen LogP contribution in [0.25, 0.3) is 6.08 Å². The Bertz CT molecular complexity index is 532. The van der Waals surface area contributed by atoms with Gasteiger partial charge in [0, 0.05) is 6.08 Å². The SMILES string of the molecule is COc1ccc(/C=C/C(=O)Nn2cnnc2)cc1. The van der Waals surface area contributed by atoms with Crippen LogP contribution in [-0.4, -0.2) is 27.9 Å². The van der Waals surface area contributed by atoms with Crippen LogP contribution in [0.1, 0.15) is 5.56 Å². The van der Waals surface area contributed by atoms with Crippen LogP contribution in [0.5, 0.6) is 5.75 Å². The molecule has 18 heavy (non-hydrogen) atoms. The van der Waals surface area contributed by atoms with Gasteiger partial charge in [0.25, 0.3) is 5.91 Å². The summed E-state index contributed by atoms with van der Waals surface area (Å²) in [7, 11) is 1.61. The van der Waals surface area contributed by atoms with Crippen molar-refractivity contribution >= 4 is 12.0 Å². The van der Waals surface area contributed by atoms with Crippen LogP contribution in [0.15, 0.2) is 43.0 Å². The molecule has 0 saturated heterocycles. The Morgan fingerprint density at radius 3 is 2.56 bits per heavy atom. The molecule has 0 aliphatic heterocycles. The minimum atomic E-state index is -0.259. The maximum Gasteiger partial charge on any atom is 0.262 e. The Kier molecular flexibility index (Phi) is 3.70. The van der Waals surface area contributed by atoms with Crippen molar-refractivity contribution in [3.05, 3.63) is 48.6 Å². The van der Waals surface area contributed by atoms with E-state index in [1.807, 2.05) is 24.3 Å². The molecule has 6 nitrogen and oxygen atoms in total. The highest BCUT2D eigenvalue weighted by Gasteiger charge is 1.96. The molecule has 0 radical (unpaired) electrons. The molecule has 2 aromatic rings. The second kappa shape index (κ2) is 5.62. The number of hydrogen-bond acceptors (Lipinski definition) is 4. The highest BCUT2D eigenvalue weighted by molar-refractivity contribution is 5.97. The molecule has 0 unspecified atom stereocenters. The predicted octanol–water partition coefficient (Wildman–Crippen LogP) is 1.07. The van der Waals surface area contributed by atoms with E-state index in [1.165, 1.54) is 23.4 Å². The summed E-state index contributed by atoms with van der Waals surface area (Å²) in [5.74, 6) is 0.520. The van der Waals surface area contributed by atoms with Crippen molar-refractivity contribution in [2.24, 2.45) is 0 Å². The van der Waals surface area contributed by atoms with Gasteiger partial charge in [-0.2, -0.15) is 0 Å². The van der Waals surface area contributed by atoms with Gasteiger partial charge in [0.2, 0.25) is 0 Å². The van der Waals surface area contributed by atoms with Crippen LogP contribution in [0.2, 0.25) is 0 Å². The van der Waals surface area contributed by atoms with E-state index in [2.05, 4.69) is 15.6 Å². The van der Waals surface area contributed by atoms with Gasteiger partial charge in [-0.25, -0.2) is 4.68 Å². The molecule has 1 heterocycles. The second-order valence-electron chi connectivity index (χ2n) is 3.45. The number of amides is 1. The number of methoxy groups -OCH3 is 1. The van der Waals surface area contributed by atoms with E-state index < -0.39 is 0 Å². The number of ether oxygens (including phenoxy) is 1. The number of benzene rings is 1. The second-order valence-corrected chi connectivity index (χ2v) is 3.45. The van der Waals surface area contributed by atoms with Crippen LogP contribution >= 0.6 is 0 Å². The molecule has 0 fully saturated rings. The molecule has 92 valence electrons. The number of carbonyl (C=O) groups is 1. The third-order valence-corrected chi connectivity index (χ3v) is 2.20. The summed E-state index contributed by atoms with van der Waals surface area (Å²) in [6.07, 6.45) is 5.94. The van der Waals surface area contributed by atoms with Crippen molar-refractivity contribution in [2.75, 3.05) is 12.5 Å². The van der Waals surface area contributed by atoms with Crippen molar-refractivity contribution in [1.29, 1.82) is 0 Å². The zero-order valence-electron chi connectivity index (χ0n) is 9.78. The van der Waals surface area contributed by atoms with Gasteiger partial charge >= 0.3 is 0 Å². The highest BCUT2D eigenvalue weighted by Crippen LogP contribution is 2.12. The molecule has 1 amide bonds. The number of nitrogens with zero attached hydrogens (tertiary/aromatic N) is 3. The van der Waals surface area contributed by atoms with Gasteiger partial charge in [0.1, 0.15) is 18.4 Å². The maximum atomic E-state index is 11.5. The molecule has 0 aliphatic rings. The topological polar surface area (TPSA) is 69.0 Å². The normalized spacial score (nSPS) is 10.5. The molecule has 0 spiro atoms. The number of nitrogens with one attached hydrogen (secondary N) is 1. The minimum Gasteiger partial charge on any atom is -0.497 e. The Labute approximate surface area is 104 Å². The quantitative estimate of drug-likeness (QED) is 0.817. The molecule has 2 rings (SSSR count). The molecule has 0 aliphatic carbocycles. The molecule has 1 aromatic carbocycles. The summed E-state index contributed by atoms with van der Waals surface area (Å²) in [5.41, 5.74) is 3.47. The smallest absolute Gasteiger partial charge is 0.262 e. The minimum absolute atomic E-state index is 0.259. The van der Waals surface area contributed by atoms with Crippen molar-refractivity contribution in [1.82, 2.24) is 14.9 Å². The molecule has 0 atom stereocenters. The zero-order valence-corrected chi connectivity index (χ0v) is 9.78. The molecule has 0 saturated carbocycles. The first kappa shape index (κ1) is 11.8. The summed E-state index contributed by atoms with van der Waals surface area (Å²) < 4.78 is 6.42. The van der Waals surface area contributed by atoms with E-state index in [0.717, 1.165) is 11.3 Å². The van der Waals surface area contributed by atoms with Gasteiger partial charge in [-0.1, -0.05) is 12.1 Å². The summed E-state index contributed by atoms with van der Waals surface area (Å²) in [4.78, 5) is 11.5. The van der Waals surface area contributed by atoms with E-state index >= 15 is 0 Å². The van der Waals surface area contributed by atoms with Crippen LogP contribution in [0, 0.1) is 0 Å². The maximum absolute atomic E-state index is 11.5. The number of rotatable bonds is 4. The summed E-state index contributed by atoms with van der Waals surface area (Å²) in [6, 6.07) is 7.39. The lowest BCUT2D eigenvalue weighted by Crippen LogP contribution is -2.18. The van der Waals surface area contributed by atoms with E-state index in [1.54, 1.807) is 13.2 Å². The van der Waals surface area contributed by atoms with E-state index in [9.17, 15) is 4.79 Å². The lowest BCUT2D eigenvalue weighted by Gasteiger charge is -2.00. The summed E-state index contributed by atoms with van der Waals surface area (Å²) in [6.45, 7) is 0.